The van der Waals surface area contributed by atoms with E-state index in [1.807, 2.05) is 12.1 Å². The molecule has 0 aliphatic heterocycles. The summed E-state index contributed by atoms with van der Waals surface area (Å²) in [6.07, 6.45) is 3.38. The Morgan fingerprint density at radius 3 is 2.52 bits per heavy atom. The number of benzene rings is 1. The second-order valence-electron chi connectivity index (χ2n) is 4.60. The maximum Gasteiger partial charge on any atom is 0.138 e. The van der Waals surface area contributed by atoms with E-state index >= 15 is 0 Å². The fourth-order valence-corrected chi connectivity index (χ4v) is 2.43. The molecule has 0 saturated carbocycles. The molecule has 0 aliphatic carbocycles. The third kappa shape index (κ3) is 2.42. The van der Waals surface area contributed by atoms with Gasteiger partial charge in [0.05, 0.1) is 10.0 Å². The normalized spacial score (nSPS) is 10.8. The SMILES string of the molecule is Cn1nc(-c2ccc(Br)c(F)c2)c(-c2ccncc2)c1N. The quantitative estimate of drug-likeness (QED) is 0.770. The molecule has 2 heterocycles. The Morgan fingerprint density at radius 2 is 1.86 bits per heavy atom. The van der Waals surface area contributed by atoms with Crippen LogP contribution in [0.5, 0.6) is 0 Å². The van der Waals surface area contributed by atoms with E-state index in [0.29, 0.717) is 21.5 Å². The molecule has 0 aliphatic rings. The first-order valence-corrected chi connectivity index (χ1v) is 7.05. The minimum atomic E-state index is -0.336. The summed E-state index contributed by atoms with van der Waals surface area (Å²) in [4.78, 5) is 4.00. The number of halogens is 2. The molecule has 0 radical (unpaired) electrons. The van der Waals surface area contributed by atoms with E-state index in [9.17, 15) is 4.39 Å². The molecule has 2 aromatic heterocycles. The highest BCUT2D eigenvalue weighted by molar-refractivity contribution is 9.10. The summed E-state index contributed by atoms with van der Waals surface area (Å²) in [5.74, 6) is 0.192. The van der Waals surface area contributed by atoms with Crippen LogP contribution in [-0.4, -0.2) is 14.8 Å². The molecule has 3 aromatic rings. The summed E-state index contributed by atoms with van der Waals surface area (Å²) in [7, 11) is 1.76. The molecular formula is C15H12BrFN4. The first kappa shape index (κ1) is 13.8. The minimum absolute atomic E-state index is 0.336. The van der Waals surface area contributed by atoms with Crippen molar-refractivity contribution in [1.29, 1.82) is 0 Å². The van der Waals surface area contributed by atoms with Gasteiger partial charge in [-0.25, -0.2) is 4.39 Å². The number of aromatic nitrogens is 3. The van der Waals surface area contributed by atoms with Crippen LogP contribution in [0.4, 0.5) is 10.2 Å². The van der Waals surface area contributed by atoms with Gasteiger partial charge in [-0.3, -0.25) is 9.67 Å². The van der Waals surface area contributed by atoms with Crippen molar-refractivity contribution in [3.63, 3.8) is 0 Å². The van der Waals surface area contributed by atoms with E-state index in [-0.39, 0.29) is 5.82 Å². The fourth-order valence-electron chi connectivity index (χ4n) is 2.19. The number of nitrogens with two attached hydrogens (primary N) is 1. The Kier molecular flexibility index (Phi) is 3.47. The van der Waals surface area contributed by atoms with Gasteiger partial charge in [-0.2, -0.15) is 5.10 Å². The van der Waals surface area contributed by atoms with Crippen LogP contribution in [0.2, 0.25) is 0 Å². The molecule has 6 heteroatoms. The standard InChI is InChI=1S/C15H12BrFN4/c1-21-15(18)13(9-4-6-19-7-5-9)14(20-21)10-2-3-11(16)12(17)8-10/h2-8H,18H2,1H3. The summed E-state index contributed by atoms with van der Waals surface area (Å²) in [5, 5.41) is 4.42. The van der Waals surface area contributed by atoms with Crippen molar-refractivity contribution in [2.24, 2.45) is 7.05 Å². The lowest BCUT2D eigenvalue weighted by Gasteiger charge is -2.05. The average Bonchev–Trinajstić information content (AvgIpc) is 2.79. The molecule has 0 saturated heterocycles. The highest BCUT2D eigenvalue weighted by Crippen LogP contribution is 2.36. The van der Waals surface area contributed by atoms with Gasteiger partial charge >= 0.3 is 0 Å². The zero-order valence-electron chi connectivity index (χ0n) is 11.2. The van der Waals surface area contributed by atoms with Gasteiger partial charge in [-0.15, -0.1) is 0 Å². The number of anilines is 1. The molecule has 0 bridgehead atoms. The maximum absolute atomic E-state index is 13.8. The maximum atomic E-state index is 13.8. The Hall–Kier alpha value is -2.21. The summed E-state index contributed by atoms with van der Waals surface area (Å²) in [6.45, 7) is 0. The first-order chi connectivity index (χ1) is 10.1. The van der Waals surface area contributed by atoms with E-state index < -0.39 is 0 Å². The van der Waals surface area contributed by atoms with Crippen LogP contribution in [0.25, 0.3) is 22.4 Å². The molecule has 0 fully saturated rings. The first-order valence-electron chi connectivity index (χ1n) is 6.26. The lowest BCUT2D eigenvalue weighted by molar-refractivity contribution is 0.621. The molecular weight excluding hydrogens is 335 g/mol. The topological polar surface area (TPSA) is 56.7 Å². The van der Waals surface area contributed by atoms with Crippen LogP contribution in [0.1, 0.15) is 0 Å². The van der Waals surface area contributed by atoms with Crippen molar-refractivity contribution < 1.29 is 4.39 Å². The van der Waals surface area contributed by atoms with E-state index in [1.165, 1.54) is 6.07 Å². The van der Waals surface area contributed by atoms with E-state index in [1.54, 1.807) is 36.3 Å². The molecule has 0 unspecified atom stereocenters. The molecule has 0 spiro atoms. The van der Waals surface area contributed by atoms with Crippen LogP contribution in [0, 0.1) is 5.82 Å². The van der Waals surface area contributed by atoms with Crippen LogP contribution < -0.4 is 5.73 Å². The smallest absolute Gasteiger partial charge is 0.138 e. The minimum Gasteiger partial charge on any atom is -0.383 e. The molecule has 3 rings (SSSR count). The predicted octanol–water partition coefficient (Wildman–Crippen LogP) is 3.63. The molecule has 2 N–H and O–H groups in total. The zero-order chi connectivity index (χ0) is 15.0. The van der Waals surface area contributed by atoms with Crippen LogP contribution in [0.15, 0.2) is 47.2 Å². The van der Waals surface area contributed by atoms with Gasteiger partial charge in [0.25, 0.3) is 0 Å². The third-order valence-electron chi connectivity index (χ3n) is 3.25. The average molecular weight is 347 g/mol. The van der Waals surface area contributed by atoms with E-state index in [2.05, 4.69) is 26.0 Å². The molecule has 0 amide bonds. The Morgan fingerprint density at radius 1 is 1.14 bits per heavy atom. The van der Waals surface area contributed by atoms with E-state index in [0.717, 1.165) is 11.1 Å². The van der Waals surface area contributed by atoms with Crippen molar-refractivity contribution in [2.75, 3.05) is 5.73 Å². The van der Waals surface area contributed by atoms with Crippen molar-refractivity contribution in [3.05, 3.63) is 53.0 Å². The monoisotopic (exact) mass is 346 g/mol. The summed E-state index contributed by atoms with van der Waals surface area (Å²) < 4.78 is 15.8. The second kappa shape index (κ2) is 5.29. The number of hydrogen-bond donors (Lipinski definition) is 1. The zero-order valence-corrected chi connectivity index (χ0v) is 12.8. The van der Waals surface area contributed by atoms with Gasteiger partial charge < -0.3 is 5.73 Å². The second-order valence-corrected chi connectivity index (χ2v) is 5.45. The van der Waals surface area contributed by atoms with Gasteiger partial charge in [0.15, 0.2) is 0 Å². The Labute approximate surface area is 129 Å². The Balaban J connectivity index is 2.24. The number of nitrogens with zero attached hydrogens (tertiary/aromatic N) is 3. The molecule has 0 atom stereocenters. The van der Waals surface area contributed by atoms with Crippen molar-refractivity contribution in [1.82, 2.24) is 14.8 Å². The Bertz CT molecular complexity index is 799. The van der Waals surface area contributed by atoms with Crippen molar-refractivity contribution in [2.45, 2.75) is 0 Å². The summed E-state index contributed by atoms with van der Waals surface area (Å²) in [5.41, 5.74) is 9.12. The third-order valence-corrected chi connectivity index (χ3v) is 3.90. The van der Waals surface area contributed by atoms with Crippen LogP contribution >= 0.6 is 15.9 Å². The highest BCUT2D eigenvalue weighted by atomic mass is 79.9. The van der Waals surface area contributed by atoms with Crippen molar-refractivity contribution >= 4 is 21.7 Å². The largest absolute Gasteiger partial charge is 0.383 e. The molecule has 106 valence electrons. The number of nitrogen functional groups attached to an aromatic ring is 1. The predicted molar refractivity (Wildman–Crippen MR) is 83.9 cm³/mol. The number of aryl methyl sites for hydroxylation is 1. The van der Waals surface area contributed by atoms with Crippen LogP contribution in [0.3, 0.4) is 0 Å². The number of hydrogen-bond acceptors (Lipinski definition) is 3. The lowest BCUT2D eigenvalue weighted by Crippen LogP contribution is -1.97. The summed E-state index contributed by atoms with van der Waals surface area (Å²) >= 11 is 3.15. The van der Waals surface area contributed by atoms with Gasteiger partial charge in [0.1, 0.15) is 17.3 Å². The van der Waals surface area contributed by atoms with E-state index in [4.69, 9.17) is 5.73 Å². The molecule has 21 heavy (non-hydrogen) atoms. The summed E-state index contributed by atoms with van der Waals surface area (Å²) in [6, 6.07) is 8.61. The lowest BCUT2D eigenvalue weighted by atomic mass is 10.0. The number of rotatable bonds is 2. The van der Waals surface area contributed by atoms with Gasteiger partial charge in [-0.1, -0.05) is 6.07 Å². The number of pyridine rings is 1. The molecule has 4 nitrogen and oxygen atoms in total. The van der Waals surface area contributed by atoms with Gasteiger partial charge in [-0.05, 0) is 45.8 Å². The van der Waals surface area contributed by atoms with Crippen LogP contribution in [-0.2, 0) is 7.05 Å². The highest BCUT2D eigenvalue weighted by Gasteiger charge is 2.18. The fraction of sp³-hybridized carbons (Fsp3) is 0.0667. The van der Waals surface area contributed by atoms with Crippen molar-refractivity contribution in [3.8, 4) is 22.4 Å². The molecule has 1 aromatic carbocycles. The van der Waals surface area contributed by atoms with Gasteiger partial charge in [0, 0.05) is 25.0 Å². The van der Waals surface area contributed by atoms with Gasteiger partial charge in [0.2, 0.25) is 0 Å².